The van der Waals surface area contributed by atoms with Crippen molar-refractivity contribution in [1.29, 1.82) is 0 Å². The first-order valence-electron chi connectivity index (χ1n) is 7.79. The summed E-state index contributed by atoms with van der Waals surface area (Å²) in [4.78, 5) is 4.01. The van der Waals surface area contributed by atoms with Gasteiger partial charge in [0.2, 0.25) is 0 Å². The molecule has 2 aromatic rings. The average molecular weight is 311 g/mol. The minimum absolute atomic E-state index is 0.214. The maximum atomic E-state index is 5.43. The molecule has 2 N–H and O–H groups in total. The zero-order chi connectivity index (χ0) is 15.3. The van der Waals surface area contributed by atoms with Gasteiger partial charge in [0.05, 0.1) is 0 Å². The van der Waals surface area contributed by atoms with Gasteiger partial charge in [-0.3, -0.25) is 4.98 Å². The van der Waals surface area contributed by atoms with Crippen LogP contribution in [0.4, 0.5) is 5.69 Å². The highest BCUT2D eigenvalue weighted by molar-refractivity contribution is 7.80. The molecule has 4 heteroatoms. The Morgan fingerprint density at radius 2 is 1.73 bits per heavy atom. The van der Waals surface area contributed by atoms with E-state index in [0.717, 1.165) is 12.2 Å². The van der Waals surface area contributed by atoms with Gasteiger partial charge >= 0.3 is 0 Å². The Kier molecular flexibility index (Phi) is 4.68. The second kappa shape index (κ2) is 6.88. The normalized spacial score (nSPS) is 16.2. The summed E-state index contributed by atoms with van der Waals surface area (Å²) in [6, 6.07) is 14.6. The molecule has 1 aromatic heterocycles. The van der Waals surface area contributed by atoms with Gasteiger partial charge in [-0.25, -0.2) is 0 Å². The molecule has 0 unspecified atom stereocenters. The van der Waals surface area contributed by atoms with Crippen LogP contribution >= 0.6 is 12.2 Å². The van der Waals surface area contributed by atoms with E-state index in [2.05, 4.69) is 45.9 Å². The fourth-order valence-electron chi connectivity index (χ4n) is 3.27. The SMILES string of the molecule is S=C(NCC1(c2ccccc2)CCCC1)Nc1ccncc1. The summed E-state index contributed by atoms with van der Waals surface area (Å²) in [7, 11) is 0. The standard InChI is InChI=1S/C18H21N3S/c22-17(21-16-8-12-19-13-9-16)20-14-18(10-4-5-11-18)15-6-2-1-3-7-15/h1-3,6-9,12-13H,4-5,10-11,14H2,(H2,19,20,21,22). The number of benzene rings is 1. The summed E-state index contributed by atoms with van der Waals surface area (Å²) in [5, 5.41) is 7.30. The number of aromatic nitrogens is 1. The Balaban J connectivity index is 1.64. The van der Waals surface area contributed by atoms with Crippen molar-refractivity contribution in [2.75, 3.05) is 11.9 Å². The third-order valence-corrected chi connectivity index (χ3v) is 4.72. The molecule has 1 fully saturated rings. The van der Waals surface area contributed by atoms with Crippen LogP contribution in [0.5, 0.6) is 0 Å². The van der Waals surface area contributed by atoms with Crippen molar-refractivity contribution in [3.8, 4) is 0 Å². The highest BCUT2D eigenvalue weighted by Gasteiger charge is 2.35. The first-order chi connectivity index (χ1) is 10.8. The summed E-state index contributed by atoms with van der Waals surface area (Å²) in [5.41, 5.74) is 2.60. The highest BCUT2D eigenvalue weighted by Crippen LogP contribution is 2.40. The Morgan fingerprint density at radius 1 is 1.05 bits per heavy atom. The number of nitrogens with zero attached hydrogens (tertiary/aromatic N) is 1. The maximum absolute atomic E-state index is 5.43. The number of hydrogen-bond donors (Lipinski definition) is 2. The molecule has 0 aliphatic heterocycles. The number of nitrogens with one attached hydrogen (secondary N) is 2. The highest BCUT2D eigenvalue weighted by atomic mass is 32.1. The smallest absolute Gasteiger partial charge is 0.170 e. The predicted octanol–water partition coefficient (Wildman–Crippen LogP) is 3.88. The molecule has 22 heavy (non-hydrogen) atoms. The second-order valence-corrected chi connectivity index (χ2v) is 6.31. The summed E-state index contributed by atoms with van der Waals surface area (Å²) >= 11 is 5.43. The van der Waals surface area contributed by atoms with Crippen molar-refractivity contribution >= 4 is 23.0 Å². The van der Waals surface area contributed by atoms with Crippen LogP contribution in [0, 0.1) is 0 Å². The molecule has 0 radical (unpaired) electrons. The quantitative estimate of drug-likeness (QED) is 0.840. The fraction of sp³-hybridized carbons (Fsp3) is 0.333. The summed E-state index contributed by atoms with van der Waals surface area (Å²) in [6.45, 7) is 0.883. The van der Waals surface area contributed by atoms with Crippen LogP contribution in [0.1, 0.15) is 31.2 Å². The van der Waals surface area contributed by atoms with E-state index < -0.39 is 0 Å². The van der Waals surface area contributed by atoms with Crippen LogP contribution in [0.15, 0.2) is 54.9 Å². The summed E-state index contributed by atoms with van der Waals surface area (Å²) in [6.07, 6.45) is 8.55. The van der Waals surface area contributed by atoms with Gasteiger partial charge in [0, 0.05) is 30.0 Å². The Hall–Kier alpha value is -1.94. The zero-order valence-electron chi connectivity index (χ0n) is 12.6. The van der Waals surface area contributed by atoms with Crippen LogP contribution in [-0.4, -0.2) is 16.6 Å². The van der Waals surface area contributed by atoms with Crippen LogP contribution < -0.4 is 10.6 Å². The number of thiocarbonyl (C=S) groups is 1. The lowest BCUT2D eigenvalue weighted by molar-refractivity contribution is 0.435. The molecule has 0 saturated heterocycles. The lowest BCUT2D eigenvalue weighted by Gasteiger charge is -2.30. The van der Waals surface area contributed by atoms with Gasteiger partial charge < -0.3 is 10.6 Å². The Labute approximate surface area is 137 Å². The zero-order valence-corrected chi connectivity index (χ0v) is 13.4. The molecule has 3 rings (SSSR count). The molecular formula is C18H21N3S. The Morgan fingerprint density at radius 3 is 2.41 bits per heavy atom. The van der Waals surface area contributed by atoms with E-state index in [1.807, 2.05) is 12.1 Å². The first-order valence-corrected chi connectivity index (χ1v) is 8.20. The molecule has 0 atom stereocenters. The Bertz CT molecular complexity index is 607. The molecule has 0 amide bonds. The molecule has 0 spiro atoms. The maximum Gasteiger partial charge on any atom is 0.170 e. The molecule has 1 aliphatic rings. The molecule has 1 heterocycles. The van der Waals surface area contributed by atoms with E-state index in [1.165, 1.54) is 31.2 Å². The van der Waals surface area contributed by atoms with Gasteiger partial charge in [0.1, 0.15) is 0 Å². The van der Waals surface area contributed by atoms with Crippen molar-refractivity contribution in [3.05, 3.63) is 60.4 Å². The molecule has 114 valence electrons. The van der Waals surface area contributed by atoms with Crippen molar-refractivity contribution in [2.24, 2.45) is 0 Å². The van der Waals surface area contributed by atoms with Crippen molar-refractivity contribution in [3.63, 3.8) is 0 Å². The van der Waals surface area contributed by atoms with Gasteiger partial charge in [-0.05, 0) is 42.8 Å². The summed E-state index contributed by atoms with van der Waals surface area (Å²) < 4.78 is 0. The van der Waals surface area contributed by atoms with Crippen molar-refractivity contribution in [2.45, 2.75) is 31.1 Å². The van der Waals surface area contributed by atoms with E-state index in [-0.39, 0.29) is 5.41 Å². The topological polar surface area (TPSA) is 37.0 Å². The van der Waals surface area contributed by atoms with Gasteiger partial charge in [-0.15, -0.1) is 0 Å². The molecule has 1 aromatic carbocycles. The van der Waals surface area contributed by atoms with Crippen LogP contribution in [0.3, 0.4) is 0 Å². The molecule has 0 bridgehead atoms. The average Bonchev–Trinajstić information content (AvgIpc) is 3.05. The number of anilines is 1. The molecule has 1 saturated carbocycles. The van der Waals surface area contributed by atoms with E-state index in [1.54, 1.807) is 12.4 Å². The minimum Gasteiger partial charge on any atom is -0.362 e. The number of pyridine rings is 1. The van der Waals surface area contributed by atoms with Crippen LogP contribution in [0.25, 0.3) is 0 Å². The first kappa shape index (κ1) is 15.0. The third-order valence-electron chi connectivity index (χ3n) is 4.47. The third kappa shape index (κ3) is 3.45. The summed E-state index contributed by atoms with van der Waals surface area (Å²) in [5.74, 6) is 0. The van der Waals surface area contributed by atoms with Crippen LogP contribution in [-0.2, 0) is 5.41 Å². The molecular weight excluding hydrogens is 290 g/mol. The van der Waals surface area contributed by atoms with Crippen molar-refractivity contribution < 1.29 is 0 Å². The molecule has 3 nitrogen and oxygen atoms in total. The second-order valence-electron chi connectivity index (χ2n) is 5.90. The van der Waals surface area contributed by atoms with Gasteiger partial charge in [-0.2, -0.15) is 0 Å². The van der Waals surface area contributed by atoms with E-state index >= 15 is 0 Å². The number of rotatable bonds is 4. The monoisotopic (exact) mass is 311 g/mol. The number of hydrogen-bond acceptors (Lipinski definition) is 2. The minimum atomic E-state index is 0.214. The van der Waals surface area contributed by atoms with E-state index in [9.17, 15) is 0 Å². The van der Waals surface area contributed by atoms with Crippen molar-refractivity contribution in [1.82, 2.24) is 10.3 Å². The fourth-order valence-corrected chi connectivity index (χ4v) is 3.46. The lowest BCUT2D eigenvalue weighted by atomic mass is 9.79. The molecule has 1 aliphatic carbocycles. The van der Waals surface area contributed by atoms with E-state index in [4.69, 9.17) is 12.2 Å². The lowest BCUT2D eigenvalue weighted by Crippen LogP contribution is -2.40. The van der Waals surface area contributed by atoms with Gasteiger partial charge in [0.25, 0.3) is 0 Å². The predicted molar refractivity (Wildman–Crippen MR) is 95.0 cm³/mol. The largest absolute Gasteiger partial charge is 0.362 e. The van der Waals surface area contributed by atoms with Gasteiger partial charge in [0.15, 0.2) is 5.11 Å². The van der Waals surface area contributed by atoms with Crippen LogP contribution in [0.2, 0.25) is 0 Å². The van der Waals surface area contributed by atoms with Gasteiger partial charge in [-0.1, -0.05) is 43.2 Å². The van der Waals surface area contributed by atoms with E-state index in [0.29, 0.717) is 5.11 Å².